The SMILES string of the molecule is O=C(O)Cc1ccc(NC2C=CC=CC2=Cc2cccnc2Br)cc1. The van der Waals surface area contributed by atoms with Crippen molar-refractivity contribution in [3.8, 4) is 0 Å². The lowest BCUT2D eigenvalue weighted by molar-refractivity contribution is -0.136. The number of halogens is 1. The van der Waals surface area contributed by atoms with E-state index in [2.05, 4.69) is 44.5 Å². The summed E-state index contributed by atoms with van der Waals surface area (Å²) >= 11 is 3.47. The highest BCUT2D eigenvalue weighted by Gasteiger charge is 2.12. The van der Waals surface area contributed by atoms with Gasteiger partial charge in [0, 0.05) is 17.4 Å². The van der Waals surface area contributed by atoms with E-state index in [1.54, 1.807) is 6.20 Å². The van der Waals surface area contributed by atoms with Crippen LogP contribution in [0.4, 0.5) is 5.69 Å². The van der Waals surface area contributed by atoms with Crippen LogP contribution < -0.4 is 5.32 Å². The molecule has 25 heavy (non-hydrogen) atoms. The first kappa shape index (κ1) is 17.2. The molecule has 1 aliphatic rings. The fraction of sp³-hybridized carbons (Fsp3) is 0.100. The van der Waals surface area contributed by atoms with E-state index < -0.39 is 5.97 Å². The van der Waals surface area contributed by atoms with E-state index in [9.17, 15) is 4.79 Å². The lowest BCUT2D eigenvalue weighted by atomic mass is 9.99. The van der Waals surface area contributed by atoms with Gasteiger partial charge in [-0.05, 0) is 51.3 Å². The number of aromatic nitrogens is 1. The minimum atomic E-state index is -0.826. The van der Waals surface area contributed by atoms with Crippen LogP contribution >= 0.6 is 15.9 Å². The van der Waals surface area contributed by atoms with Crippen LogP contribution in [-0.4, -0.2) is 22.1 Å². The standard InChI is InChI=1S/C20H17BrN2O2/c21-20-16(5-3-11-22-20)13-15-4-1-2-6-18(15)23-17-9-7-14(8-10-17)12-19(24)25/h1-11,13,18,23H,12H2,(H,24,25). The summed E-state index contributed by atoms with van der Waals surface area (Å²) in [5.41, 5.74) is 3.86. The van der Waals surface area contributed by atoms with Gasteiger partial charge in [-0.3, -0.25) is 4.79 Å². The van der Waals surface area contributed by atoms with Crippen LogP contribution in [0.1, 0.15) is 11.1 Å². The number of allylic oxidation sites excluding steroid dienone is 2. The average Bonchev–Trinajstić information content (AvgIpc) is 2.60. The summed E-state index contributed by atoms with van der Waals surface area (Å²) in [6.07, 6.45) is 12.0. The number of hydrogen-bond acceptors (Lipinski definition) is 3. The maximum atomic E-state index is 10.8. The van der Waals surface area contributed by atoms with Crippen molar-refractivity contribution in [2.45, 2.75) is 12.5 Å². The molecule has 1 aromatic carbocycles. The molecule has 1 heterocycles. The van der Waals surface area contributed by atoms with Crippen molar-refractivity contribution in [3.05, 3.63) is 88.2 Å². The van der Waals surface area contributed by atoms with Gasteiger partial charge < -0.3 is 10.4 Å². The Labute approximate surface area is 154 Å². The Bertz CT molecular complexity index is 854. The highest BCUT2D eigenvalue weighted by molar-refractivity contribution is 9.10. The fourth-order valence-electron chi connectivity index (χ4n) is 2.58. The van der Waals surface area contributed by atoms with Gasteiger partial charge in [-0.2, -0.15) is 0 Å². The highest BCUT2D eigenvalue weighted by atomic mass is 79.9. The second-order valence-electron chi connectivity index (χ2n) is 5.66. The first-order chi connectivity index (χ1) is 12.1. The number of rotatable bonds is 5. The lowest BCUT2D eigenvalue weighted by Gasteiger charge is -2.20. The Morgan fingerprint density at radius 2 is 2.04 bits per heavy atom. The normalized spacial score (nSPS) is 17.6. The number of carboxylic acids is 1. The van der Waals surface area contributed by atoms with Crippen molar-refractivity contribution < 1.29 is 9.90 Å². The molecular formula is C20H17BrN2O2. The maximum Gasteiger partial charge on any atom is 0.307 e. The smallest absolute Gasteiger partial charge is 0.307 e. The summed E-state index contributed by atoms with van der Waals surface area (Å²) in [5, 5.41) is 12.3. The zero-order valence-corrected chi connectivity index (χ0v) is 15.0. The molecule has 5 heteroatoms. The van der Waals surface area contributed by atoms with E-state index in [-0.39, 0.29) is 12.5 Å². The first-order valence-electron chi connectivity index (χ1n) is 7.86. The molecule has 0 fully saturated rings. The molecule has 2 aromatic rings. The van der Waals surface area contributed by atoms with Crippen LogP contribution in [-0.2, 0) is 11.2 Å². The molecule has 4 nitrogen and oxygen atoms in total. The topological polar surface area (TPSA) is 62.2 Å². The molecule has 1 atom stereocenters. The number of pyridine rings is 1. The maximum absolute atomic E-state index is 10.8. The zero-order chi connectivity index (χ0) is 17.6. The van der Waals surface area contributed by atoms with Crippen molar-refractivity contribution in [1.29, 1.82) is 0 Å². The molecule has 3 rings (SSSR count). The van der Waals surface area contributed by atoms with Gasteiger partial charge in [-0.15, -0.1) is 0 Å². The Morgan fingerprint density at radius 1 is 1.24 bits per heavy atom. The van der Waals surface area contributed by atoms with Gasteiger partial charge in [0.2, 0.25) is 0 Å². The summed E-state index contributed by atoms with van der Waals surface area (Å²) in [6, 6.07) is 11.4. The number of aliphatic carboxylic acids is 1. The van der Waals surface area contributed by atoms with Crippen LogP contribution in [0.3, 0.4) is 0 Å². The molecule has 0 radical (unpaired) electrons. The van der Waals surface area contributed by atoms with Gasteiger partial charge in [-0.25, -0.2) is 4.98 Å². The van der Waals surface area contributed by atoms with Crippen molar-refractivity contribution in [3.63, 3.8) is 0 Å². The van der Waals surface area contributed by atoms with Gasteiger partial charge in [0.15, 0.2) is 0 Å². The van der Waals surface area contributed by atoms with Gasteiger partial charge in [0.05, 0.1) is 12.5 Å². The number of nitrogens with one attached hydrogen (secondary N) is 1. The monoisotopic (exact) mass is 396 g/mol. The van der Waals surface area contributed by atoms with E-state index in [4.69, 9.17) is 5.11 Å². The second kappa shape index (κ2) is 7.94. The Balaban J connectivity index is 1.78. The molecule has 126 valence electrons. The van der Waals surface area contributed by atoms with Crippen LogP contribution in [0, 0.1) is 0 Å². The van der Waals surface area contributed by atoms with E-state index in [1.165, 1.54) is 0 Å². The van der Waals surface area contributed by atoms with Crippen molar-refractivity contribution in [1.82, 2.24) is 4.98 Å². The number of hydrogen-bond donors (Lipinski definition) is 2. The molecule has 2 N–H and O–H groups in total. The molecule has 1 aliphatic carbocycles. The van der Waals surface area contributed by atoms with Gasteiger partial charge in [0.1, 0.15) is 4.60 Å². The minimum Gasteiger partial charge on any atom is -0.481 e. The first-order valence-corrected chi connectivity index (χ1v) is 8.65. The summed E-state index contributed by atoms with van der Waals surface area (Å²) in [4.78, 5) is 15.0. The molecule has 0 saturated heterocycles. The van der Waals surface area contributed by atoms with E-state index >= 15 is 0 Å². The lowest BCUT2D eigenvalue weighted by Crippen LogP contribution is -2.20. The van der Waals surface area contributed by atoms with E-state index in [1.807, 2.05) is 48.6 Å². The number of benzene rings is 1. The highest BCUT2D eigenvalue weighted by Crippen LogP contribution is 2.23. The van der Waals surface area contributed by atoms with Gasteiger partial charge >= 0.3 is 5.97 Å². The third-order valence-corrected chi connectivity index (χ3v) is 4.47. The summed E-state index contributed by atoms with van der Waals surface area (Å²) in [7, 11) is 0. The number of anilines is 1. The summed E-state index contributed by atoms with van der Waals surface area (Å²) in [5.74, 6) is -0.826. The zero-order valence-electron chi connectivity index (χ0n) is 13.4. The molecule has 0 bridgehead atoms. The van der Waals surface area contributed by atoms with Crippen LogP contribution in [0.25, 0.3) is 6.08 Å². The summed E-state index contributed by atoms with van der Waals surface area (Å²) < 4.78 is 0.808. The Morgan fingerprint density at radius 3 is 2.76 bits per heavy atom. The minimum absolute atomic E-state index is 0.0300. The van der Waals surface area contributed by atoms with Crippen molar-refractivity contribution in [2.75, 3.05) is 5.32 Å². The van der Waals surface area contributed by atoms with Crippen molar-refractivity contribution in [2.24, 2.45) is 0 Å². The molecule has 0 spiro atoms. The number of carbonyl (C=O) groups is 1. The fourth-order valence-corrected chi connectivity index (χ4v) is 2.95. The van der Waals surface area contributed by atoms with Crippen molar-refractivity contribution >= 4 is 33.7 Å². The quantitative estimate of drug-likeness (QED) is 0.732. The second-order valence-corrected chi connectivity index (χ2v) is 6.41. The molecule has 0 amide bonds. The molecule has 1 aromatic heterocycles. The molecule has 1 unspecified atom stereocenters. The summed E-state index contributed by atoms with van der Waals surface area (Å²) in [6.45, 7) is 0. The molecule has 0 saturated carbocycles. The number of carboxylic acid groups (broad SMARTS) is 1. The largest absolute Gasteiger partial charge is 0.481 e. The van der Waals surface area contributed by atoms with Crippen LogP contribution in [0.2, 0.25) is 0 Å². The van der Waals surface area contributed by atoms with E-state index in [0.717, 1.165) is 27.0 Å². The van der Waals surface area contributed by atoms with Crippen LogP contribution in [0.15, 0.2) is 77.1 Å². The Kier molecular flexibility index (Phi) is 5.46. The molecular weight excluding hydrogens is 380 g/mol. The van der Waals surface area contributed by atoms with E-state index in [0.29, 0.717) is 0 Å². The third-order valence-electron chi connectivity index (χ3n) is 3.80. The average molecular weight is 397 g/mol. The van der Waals surface area contributed by atoms with Gasteiger partial charge in [-0.1, -0.05) is 42.5 Å². The number of nitrogens with zero attached hydrogens (tertiary/aromatic N) is 1. The predicted molar refractivity (Wildman–Crippen MR) is 103 cm³/mol. The van der Waals surface area contributed by atoms with Crippen LogP contribution in [0.5, 0.6) is 0 Å². The Hall–Kier alpha value is -2.66. The molecule has 0 aliphatic heterocycles. The van der Waals surface area contributed by atoms with Gasteiger partial charge in [0.25, 0.3) is 0 Å². The third kappa shape index (κ3) is 4.67. The predicted octanol–water partition coefficient (Wildman–Crippen LogP) is 4.46.